The van der Waals surface area contributed by atoms with Crippen LogP contribution >= 0.6 is 12.2 Å². The van der Waals surface area contributed by atoms with E-state index in [4.69, 9.17) is 21.7 Å². The largest absolute Gasteiger partial charge is 0.483 e. The lowest BCUT2D eigenvalue weighted by atomic mass is 9.61. The second-order valence-electron chi connectivity index (χ2n) is 14.7. The Morgan fingerprint density at radius 1 is 1.06 bits per heavy atom. The quantitative estimate of drug-likeness (QED) is 0.279. The molecule has 1 aliphatic heterocycles. The molecule has 1 aromatic rings. The third-order valence-corrected chi connectivity index (χ3v) is 9.35. The van der Waals surface area contributed by atoms with E-state index in [1.807, 2.05) is 6.92 Å². The molecule has 196 valence electrons. The van der Waals surface area contributed by atoms with E-state index in [-0.39, 0.29) is 39.0 Å². The van der Waals surface area contributed by atoms with Gasteiger partial charge in [-0.1, -0.05) is 92.6 Å². The molecule has 3 unspecified atom stereocenters. The molecule has 0 aromatic heterocycles. The van der Waals surface area contributed by atoms with E-state index < -0.39 is 5.60 Å². The molecule has 0 bridgehead atoms. The van der Waals surface area contributed by atoms with Gasteiger partial charge in [-0.2, -0.15) is 0 Å². The van der Waals surface area contributed by atoms with Gasteiger partial charge in [0.2, 0.25) is 0 Å². The fourth-order valence-electron chi connectivity index (χ4n) is 6.51. The van der Waals surface area contributed by atoms with Crippen LogP contribution in [0.25, 0.3) is 0 Å². The molecule has 0 N–H and O–H groups in total. The third-order valence-electron chi connectivity index (χ3n) is 9.03. The molecule has 0 amide bonds. The fraction of sp³-hybridized carbons (Fsp3) is 0.742. The van der Waals surface area contributed by atoms with Crippen molar-refractivity contribution in [3.05, 3.63) is 35.9 Å². The van der Waals surface area contributed by atoms with Gasteiger partial charge >= 0.3 is 5.97 Å². The highest BCUT2D eigenvalue weighted by Crippen LogP contribution is 2.76. The number of hydrogen-bond donors (Lipinski definition) is 0. The second-order valence-corrected chi connectivity index (χ2v) is 15.2. The summed E-state index contributed by atoms with van der Waals surface area (Å²) in [6, 6.07) is 11.0. The number of benzene rings is 1. The maximum absolute atomic E-state index is 13.7. The first-order chi connectivity index (χ1) is 15.8. The average Bonchev–Trinajstić information content (AvgIpc) is 3.33. The minimum absolute atomic E-state index is 0.0589. The Labute approximate surface area is 219 Å². The van der Waals surface area contributed by atoms with Gasteiger partial charge < -0.3 is 9.47 Å². The van der Waals surface area contributed by atoms with Crippen LogP contribution in [0.4, 0.5) is 0 Å². The molecule has 0 spiro atoms. The summed E-state index contributed by atoms with van der Waals surface area (Å²) < 4.78 is 11.8. The number of esters is 1. The standard InChI is InChI=1S/C31H48O3S/c1-26(2,3)19-31(22-14-12-11-13-15-22)20-30(31,10)28(7,8)18-23(27(4,5)6)25(32)34-29(9)17-16-24(35)33-21-29/h11-15,23H,16-21H2,1-10H3/t23-,29?,30?,31?/m1/s1. The summed E-state index contributed by atoms with van der Waals surface area (Å²) in [5, 5.41) is 0.616. The molecule has 1 saturated heterocycles. The molecule has 1 aromatic carbocycles. The number of thiocarbonyl (C=S) groups is 1. The Kier molecular flexibility index (Phi) is 7.36. The molecular weight excluding hydrogens is 452 g/mol. The van der Waals surface area contributed by atoms with Crippen molar-refractivity contribution in [2.24, 2.45) is 27.6 Å². The van der Waals surface area contributed by atoms with Crippen molar-refractivity contribution >= 4 is 23.2 Å². The first kappa shape index (κ1) is 28.2. The van der Waals surface area contributed by atoms with Gasteiger partial charge in [-0.15, -0.1) is 0 Å². The predicted molar refractivity (Wildman–Crippen MR) is 149 cm³/mol. The van der Waals surface area contributed by atoms with Gasteiger partial charge in [-0.3, -0.25) is 4.79 Å². The van der Waals surface area contributed by atoms with Crippen molar-refractivity contribution in [2.75, 3.05) is 6.61 Å². The first-order valence-corrected chi connectivity index (χ1v) is 13.7. The summed E-state index contributed by atoms with van der Waals surface area (Å²) in [7, 11) is 0. The van der Waals surface area contributed by atoms with Gasteiger partial charge in [0.15, 0.2) is 5.05 Å². The van der Waals surface area contributed by atoms with Gasteiger partial charge in [-0.05, 0) is 72.0 Å². The van der Waals surface area contributed by atoms with Crippen LogP contribution in [0.3, 0.4) is 0 Å². The highest BCUT2D eigenvalue weighted by molar-refractivity contribution is 7.80. The highest BCUT2D eigenvalue weighted by Gasteiger charge is 2.71. The molecule has 2 aliphatic rings. The van der Waals surface area contributed by atoms with E-state index in [1.165, 1.54) is 5.56 Å². The summed E-state index contributed by atoms with van der Waals surface area (Å²) >= 11 is 5.19. The summed E-state index contributed by atoms with van der Waals surface area (Å²) in [5.74, 6) is -0.307. The van der Waals surface area contributed by atoms with Crippen LogP contribution in [0.2, 0.25) is 0 Å². The Balaban J connectivity index is 1.89. The van der Waals surface area contributed by atoms with Crippen molar-refractivity contribution in [1.82, 2.24) is 0 Å². The molecular formula is C31H48O3S. The van der Waals surface area contributed by atoms with E-state index in [0.29, 0.717) is 18.1 Å². The first-order valence-electron chi connectivity index (χ1n) is 13.3. The number of rotatable bonds is 7. The zero-order valence-corrected chi connectivity index (χ0v) is 24.7. The SMILES string of the molecule is CC(C)(C)CC1(c2ccccc2)CC1(C)C(C)(C)C[C@H](C(=O)OC1(C)CCC(=S)OC1)C(C)(C)C. The number of carbonyl (C=O) groups excluding carboxylic acids is 1. The Bertz CT molecular complexity index is 926. The van der Waals surface area contributed by atoms with Crippen LogP contribution in [-0.4, -0.2) is 23.2 Å². The Morgan fingerprint density at radius 3 is 2.14 bits per heavy atom. The maximum Gasteiger partial charge on any atom is 0.310 e. The summed E-state index contributed by atoms with van der Waals surface area (Å²) in [4.78, 5) is 13.7. The molecule has 0 radical (unpaired) electrons. The predicted octanol–water partition coefficient (Wildman–Crippen LogP) is 8.29. The van der Waals surface area contributed by atoms with Crippen LogP contribution in [-0.2, 0) is 19.7 Å². The summed E-state index contributed by atoms with van der Waals surface area (Å²) in [6.45, 7) is 23.0. The normalized spacial score (nSPS) is 30.4. The van der Waals surface area contributed by atoms with Gasteiger partial charge in [-0.25, -0.2) is 0 Å². The van der Waals surface area contributed by atoms with E-state index in [1.54, 1.807) is 0 Å². The lowest BCUT2D eigenvalue weighted by Gasteiger charge is -2.44. The monoisotopic (exact) mass is 500 g/mol. The zero-order chi connectivity index (χ0) is 26.5. The van der Waals surface area contributed by atoms with Crippen molar-refractivity contribution in [3.63, 3.8) is 0 Å². The van der Waals surface area contributed by atoms with Crippen LogP contribution < -0.4 is 0 Å². The number of ether oxygens (including phenoxy) is 2. The molecule has 1 heterocycles. The number of hydrogen-bond acceptors (Lipinski definition) is 4. The average molecular weight is 501 g/mol. The van der Waals surface area contributed by atoms with Gasteiger partial charge in [0, 0.05) is 11.8 Å². The van der Waals surface area contributed by atoms with Crippen molar-refractivity contribution in [1.29, 1.82) is 0 Å². The topological polar surface area (TPSA) is 35.5 Å². The summed E-state index contributed by atoms with van der Waals surface area (Å²) in [5.41, 5.74) is 0.961. The molecule has 3 rings (SSSR count). The molecule has 4 atom stereocenters. The smallest absolute Gasteiger partial charge is 0.310 e. The molecule has 3 nitrogen and oxygen atoms in total. The van der Waals surface area contributed by atoms with Crippen molar-refractivity contribution in [2.45, 2.75) is 112 Å². The molecule has 1 saturated carbocycles. The van der Waals surface area contributed by atoms with Gasteiger partial charge in [0.1, 0.15) is 12.2 Å². The van der Waals surface area contributed by atoms with Crippen LogP contribution in [0.5, 0.6) is 0 Å². The van der Waals surface area contributed by atoms with Crippen LogP contribution in [0.15, 0.2) is 30.3 Å². The maximum atomic E-state index is 13.7. The molecule has 1 aliphatic carbocycles. The van der Waals surface area contributed by atoms with E-state index >= 15 is 0 Å². The molecule has 2 fully saturated rings. The molecule has 4 heteroatoms. The van der Waals surface area contributed by atoms with E-state index in [9.17, 15) is 4.79 Å². The lowest BCUT2D eigenvalue weighted by molar-refractivity contribution is -0.175. The summed E-state index contributed by atoms with van der Waals surface area (Å²) in [6.07, 6.45) is 4.44. The number of carbonyl (C=O) groups is 1. The zero-order valence-electron chi connectivity index (χ0n) is 23.8. The van der Waals surface area contributed by atoms with E-state index in [2.05, 4.69) is 92.6 Å². The van der Waals surface area contributed by atoms with Gasteiger partial charge in [0.25, 0.3) is 0 Å². The minimum Gasteiger partial charge on any atom is -0.483 e. The Hall–Kier alpha value is -1.42. The second kappa shape index (κ2) is 9.15. The van der Waals surface area contributed by atoms with Crippen molar-refractivity contribution in [3.8, 4) is 0 Å². The van der Waals surface area contributed by atoms with Crippen LogP contribution in [0.1, 0.15) is 107 Å². The minimum atomic E-state index is -0.615. The lowest BCUT2D eigenvalue weighted by Crippen LogP contribution is -2.46. The van der Waals surface area contributed by atoms with Crippen LogP contribution in [0, 0.1) is 27.6 Å². The fourth-order valence-corrected chi connectivity index (χ4v) is 6.67. The highest BCUT2D eigenvalue weighted by atomic mass is 32.1. The van der Waals surface area contributed by atoms with Gasteiger partial charge in [0.05, 0.1) is 5.92 Å². The van der Waals surface area contributed by atoms with Crippen molar-refractivity contribution < 1.29 is 14.3 Å². The Morgan fingerprint density at radius 2 is 1.66 bits per heavy atom. The third kappa shape index (κ3) is 5.78. The molecule has 35 heavy (non-hydrogen) atoms. The van der Waals surface area contributed by atoms with E-state index in [0.717, 1.165) is 25.7 Å².